The monoisotopic (exact) mass is 401 g/mol. The lowest BCUT2D eigenvalue weighted by Gasteiger charge is -2.44. The molecule has 1 saturated heterocycles. The second kappa shape index (κ2) is 7.89. The SMILES string of the molecule is COC(=O)C=Cc1ccc2c(c1)C(=O)CC1(CCCN(C(=O)OC(C)(C)C)C1)O2. The van der Waals surface area contributed by atoms with Crippen LogP contribution in [0.5, 0.6) is 5.75 Å². The molecule has 2 heterocycles. The molecule has 0 aliphatic carbocycles. The summed E-state index contributed by atoms with van der Waals surface area (Å²) in [4.78, 5) is 38.3. The Hall–Kier alpha value is -2.83. The van der Waals surface area contributed by atoms with E-state index in [1.165, 1.54) is 13.2 Å². The van der Waals surface area contributed by atoms with Gasteiger partial charge in [-0.15, -0.1) is 0 Å². The zero-order chi connectivity index (χ0) is 21.2. The number of hydrogen-bond acceptors (Lipinski definition) is 6. The summed E-state index contributed by atoms with van der Waals surface area (Å²) in [5, 5.41) is 0. The Kier molecular flexibility index (Phi) is 5.68. The number of piperidine rings is 1. The Balaban J connectivity index is 1.78. The van der Waals surface area contributed by atoms with Crippen LogP contribution in [0.1, 0.15) is 56.0 Å². The van der Waals surface area contributed by atoms with Crippen molar-refractivity contribution in [2.75, 3.05) is 20.2 Å². The molecule has 2 aliphatic rings. The van der Waals surface area contributed by atoms with Gasteiger partial charge in [0.25, 0.3) is 0 Å². The van der Waals surface area contributed by atoms with Crippen LogP contribution in [0.3, 0.4) is 0 Å². The van der Waals surface area contributed by atoms with Gasteiger partial charge >= 0.3 is 12.1 Å². The second-order valence-corrected chi connectivity index (χ2v) is 8.50. The highest BCUT2D eigenvalue weighted by atomic mass is 16.6. The molecule has 1 aromatic carbocycles. The number of ether oxygens (including phenoxy) is 3. The summed E-state index contributed by atoms with van der Waals surface area (Å²) in [6.07, 6.45) is 4.14. The molecule has 7 nitrogen and oxygen atoms in total. The fraction of sp³-hybridized carbons (Fsp3) is 0.500. The average Bonchev–Trinajstić information content (AvgIpc) is 2.65. The first-order chi connectivity index (χ1) is 13.6. The van der Waals surface area contributed by atoms with Crippen LogP contribution in [0.15, 0.2) is 24.3 Å². The van der Waals surface area contributed by atoms with Crippen molar-refractivity contribution in [3.8, 4) is 5.75 Å². The standard InChI is InChI=1S/C22H27NO6/c1-21(2,3)29-20(26)23-11-5-10-22(14-23)13-17(24)16-12-15(6-8-18(16)28-22)7-9-19(25)27-4/h6-9,12H,5,10-11,13-14H2,1-4H3. The molecule has 1 atom stereocenters. The molecule has 0 radical (unpaired) electrons. The van der Waals surface area contributed by atoms with Crippen molar-refractivity contribution in [2.45, 2.75) is 51.2 Å². The molecule has 0 aromatic heterocycles. The first kappa shape index (κ1) is 20.9. The molecule has 0 saturated carbocycles. The van der Waals surface area contributed by atoms with Crippen LogP contribution in [0.4, 0.5) is 4.79 Å². The third-order valence-corrected chi connectivity index (χ3v) is 4.92. The molecule has 1 amide bonds. The number of methoxy groups -OCH3 is 1. The molecular weight excluding hydrogens is 374 g/mol. The highest BCUT2D eigenvalue weighted by molar-refractivity contribution is 6.01. The van der Waals surface area contributed by atoms with Gasteiger partial charge in [-0.3, -0.25) is 4.79 Å². The van der Waals surface area contributed by atoms with Gasteiger partial charge in [0, 0.05) is 12.6 Å². The zero-order valence-electron chi connectivity index (χ0n) is 17.3. The molecule has 0 N–H and O–H groups in total. The summed E-state index contributed by atoms with van der Waals surface area (Å²) in [6, 6.07) is 5.22. The van der Waals surface area contributed by atoms with Crippen molar-refractivity contribution in [3.63, 3.8) is 0 Å². The number of benzene rings is 1. The van der Waals surface area contributed by atoms with E-state index in [0.29, 0.717) is 36.4 Å². The zero-order valence-corrected chi connectivity index (χ0v) is 17.3. The Morgan fingerprint density at radius 3 is 2.72 bits per heavy atom. The minimum atomic E-state index is -0.734. The molecule has 1 unspecified atom stereocenters. The predicted octanol–water partition coefficient (Wildman–Crippen LogP) is 3.61. The van der Waals surface area contributed by atoms with Gasteiger partial charge in [-0.25, -0.2) is 9.59 Å². The summed E-state index contributed by atoms with van der Waals surface area (Å²) in [5.41, 5.74) is -0.119. The van der Waals surface area contributed by atoms with E-state index in [1.807, 2.05) is 20.8 Å². The highest BCUT2D eigenvalue weighted by Crippen LogP contribution is 2.39. The largest absolute Gasteiger partial charge is 0.484 e. The van der Waals surface area contributed by atoms with E-state index in [-0.39, 0.29) is 18.3 Å². The topological polar surface area (TPSA) is 82.1 Å². The number of esters is 1. The molecule has 29 heavy (non-hydrogen) atoms. The number of amides is 1. The van der Waals surface area contributed by atoms with Crippen LogP contribution in [0, 0.1) is 0 Å². The van der Waals surface area contributed by atoms with Crippen molar-refractivity contribution < 1.29 is 28.6 Å². The van der Waals surface area contributed by atoms with Gasteiger partial charge in [-0.2, -0.15) is 0 Å². The van der Waals surface area contributed by atoms with Crippen LogP contribution in [0.2, 0.25) is 0 Å². The molecule has 1 fully saturated rings. The van der Waals surface area contributed by atoms with Crippen molar-refractivity contribution in [2.24, 2.45) is 0 Å². The van der Waals surface area contributed by atoms with Gasteiger partial charge < -0.3 is 19.1 Å². The summed E-state index contributed by atoms with van der Waals surface area (Å²) in [5.74, 6) is 0.00167. The van der Waals surface area contributed by atoms with Crippen molar-refractivity contribution in [1.82, 2.24) is 4.90 Å². The fourth-order valence-electron chi connectivity index (χ4n) is 3.66. The maximum Gasteiger partial charge on any atom is 0.410 e. The van der Waals surface area contributed by atoms with Crippen molar-refractivity contribution in [1.29, 1.82) is 0 Å². The highest BCUT2D eigenvalue weighted by Gasteiger charge is 2.45. The van der Waals surface area contributed by atoms with E-state index < -0.39 is 17.2 Å². The number of carbonyl (C=O) groups excluding carboxylic acids is 3. The van der Waals surface area contributed by atoms with E-state index >= 15 is 0 Å². The minimum Gasteiger partial charge on any atom is -0.484 e. The van der Waals surface area contributed by atoms with Crippen LogP contribution in [-0.4, -0.2) is 54.1 Å². The number of nitrogens with zero attached hydrogens (tertiary/aromatic N) is 1. The third kappa shape index (κ3) is 4.96. The number of carbonyl (C=O) groups is 3. The molecule has 2 aliphatic heterocycles. The Morgan fingerprint density at radius 2 is 2.03 bits per heavy atom. The molecule has 1 spiro atoms. The van der Waals surface area contributed by atoms with E-state index in [1.54, 1.807) is 29.2 Å². The number of rotatable bonds is 2. The van der Waals surface area contributed by atoms with Crippen LogP contribution < -0.4 is 4.74 Å². The van der Waals surface area contributed by atoms with Gasteiger partial charge in [-0.1, -0.05) is 6.07 Å². The molecule has 0 bridgehead atoms. The third-order valence-electron chi connectivity index (χ3n) is 4.92. The first-order valence-electron chi connectivity index (χ1n) is 9.71. The number of likely N-dealkylation sites (tertiary alicyclic amines) is 1. The molecule has 3 rings (SSSR count). The quantitative estimate of drug-likeness (QED) is 0.556. The normalized spacial score (nSPS) is 21.7. The summed E-state index contributed by atoms with van der Waals surface area (Å²) < 4.78 is 16.3. The average molecular weight is 401 g/mol. The first-order valence-corrected chi connectivity index (χ1v) is 9.71. The lowest BCUT2D eigenvalue weighted by atomic mass is 9.83. The smallest absolute Gasteiger partial charge is 0.410 e. The summed E-state index contributed by atoms with van der Waals surface area (Å²) >= 11 is 0. The van der Waals surface area contributed by atoms with Gasteiger partial charge in [-0.05, 0) is 57.4 Å². The molecule has 1 aromatic rings. The van der Waals surface area contributed by atoms with Gasteiger partial charge in [0.2, 0.25) is 0 Å². The second-order valence-electron chi connectivity index (χ2n) is 8.50. The Morgan fingerprint density at radius 1 is 1.28 bits per heavy atom. The molecule has 7 heteroatoms. The van der Waals surface area contributed by atoms with Gasteiger partial charge in [0.15, 0.2) is 5.78 Å². The lowest BCUT2D eigenvalue weighted by molar-refractivity contribution is -0.134. The Labute approximate surface area is 170 Å². The summed E-state index contributed by atoms with van der Waals surface area (Å²) in [6.45, 7) is 6.38. The van der Waals surface area contributed by atoms with Crippen LogP contribution in [0.25, 0.3) is 6.08 Å². The summed E-state index contributed by atoms with van der Waals surface area (Å²) in [7, 11) is 1.31. The molecule has 156 valence electrons. The maximum absolute atomic E-state index is 12.9. The number of ketones is 1. The van der Waals surface area contributed by atoms with Gasteiger partial charge in [0.05, 0.1) is 25.6 Å². The van der Waals surface area contributed by atoms with Crippen molar-refractivity contribution >= 4 is 23.9 Å². The molecular formula is C22H27NO6. The van der Waals surface area contributed by atoms with E-state index in [9.17, 15) is 14.4 Å². The fourth-order valence-corrected chi connectivity index (χ4v) is 3.66. The van der Waals surface area contributed by atoms with E-state index in [4.69, 9.17) is 9.47 Å². The predicted molar refractivity (Wildman–Crippen MR) is 107 cm³/mol. The number of hydrogen-bond donors (Lipinski definition) is 0. The van der Waals surface area contributed by atoms with E-state index in [0.717, 1.165) is 6.42 Å². The van der Waals surface area contributed by atoms with Crippen LogP contribution in [-0.2, 0) is 14.3 Å². The number of fused-ring (bicyclic) bond motifs is 1. The van der Waals surface area contributed by atoms with E-state index in [2.05, 4.69) is 4.74 Å². The van der Waals surface area contributed by atoms with Crippen molar-refractivity contribution in [3.05, 3.63) is 35.4 Å². The van der Waals surface area contributed by atoms with Crippen LogP contribution >= 0.6 is 0 Å². The Bertz CT molecular complexity index is 853. The maximum atomic E-state index is 12.9. The van der Waals surface area contributed by atoms with Gasteiger partial charge in [0.1, 0.15) is 17.0 Å². The number of Topliss-reactive ketones (excluding diaryl/α,β-unsaturated/α-hetero) is 1. The lowest BCUT2D eigenvalue weighted by Crippen LogP contribution is -2.56. The minimum absolute atomic E-state index is 0.0365.